The van der Waals surface area contributed by atoms with Crippen LogP contribution in [-0.4, -0.2) is 46.7 Å². The van der Waals surface area contributed by atoms with Gasteiger partial charge in [0.05, 0.1) is 0 Å². The molecule has 1 amide bonds. The lowest BCUT2D eigenvalue weighted by molar-refractivity contribution is 0.0686. The van der Waals surface area contributed by atoms with Gasteiger partial charge >= 0.3 is 0 Å². The molecule has 1 saturated carbocycles. The van der Waals surface area contributed by atoms with Crippen molar-refractivity contribution in [3.8, 4) is 0 Å². The van der Waals surface area contributed by atoms with E-state index in [-0.39, 0.29) is 11.9 Å². The molecule has 2 aliphatic rings. The van der Waals surface area contributed by atoms with E-state index in [2.05, 4.69) is 35.9 Å². The SMILES string of the molecule is CC1CC1CN(C(=O)c1ccc(N2CCCC2)nn1)C(C)C. The van der Waals surface area contributed by atoms with Gasteiger partial charge in [-0.1, -0.05) is 6.92 Å². The van der Waals surface area contributed by atoms with Crippen LogP contribution >= 0.6 is 0 Å². The maximum Gasteiger partial charge on any atom is 0.274 e. The topological polar surface area (TPSA) is 49.3 Å². The maximum absolute atomic E-state index is 12.7. The smallest absolute Gasteiger partial charge is 0.274 e. The molecule has 0 bridgehead atoms. The van der Waals surface area contributed by atoms with Gasteiger partial charge in [-0.25, -0.2) is 0 Å². The molecule has 120 valence electrons. The number of rotatable bonds is 5. The van der Waals surface area contributed by atoms with Crippen molar-refractivity contribution in [2.45, 2.75) is 46.1 Å². The highest BCUT2D eigenvalue weighted by atomic mass is 16.2. The Labute approximate surface area is 132 Å². The molecule has 2 unspecified atom stereocenters. The molecule has 5 nitrogen and oxygen atoms in total. The fourth-order valence-corrected chi connectivity index (χ4v) is 3.14. The molecule has 0 radical (unpaired) electrons. The molecule has 22 heavy (non-hydrogen) atoms. The molecule has 2 heterocycles. The molecule has 2 atom stereocenters. The third kappa shape index (κ3) is 3.23. The quantitative estimate of drug-likeness (QED) is 0.839. The fraction of sp³-hybridized carbons (Fsp3) is 0.706. The largest absolute Gasteiger partial charge is 0.355 e. The molecule has 1 aliphatic heterocycles. The zero-order valence-electron chi connectivity index (χ0n) is 13.8. The van der Waals surface area contributed by atoms with Gasteiger partial charge in [0, 0.05) is 25.7 Å². The van der Waals surface area contributed by atoms with Crippen LogP contribution in [0.1, 0.15) is 50.5 Å². The second-order valence-corrected chi connectivity index (χ2v) is 7.00. The van der Waals surface area contributed by atoms with E-state index in [0.717, 1.165) is 31.4 Å². The Balaban J connectivity index is 1.69. The number of carbonyl (C=O) groups excluding carboxylic acids is 1. The zero-order valence-corrected chi connectivity index (χ0v) is 13.8. The molecule has 1 saturated heterocycles. The van der Waals surface area contributed by atoms with Crippen molar-refractivity contribution >= 4 is 11.7 Å². The summed E-state index contributed by atoms with van der Waals surface area (Å²) in [6.45, 7) is 9.30. The minimum absolute atomic E-state index is 0.00886. The maximum atomic E-state index is 12.7. The predicted octanol–water partition coefficient (Wildman–Crippen LogP) is 2.58. The Morgan fingerprint density at radius 2 is 2.00 bits per heavy atom. The molecule has 0 N–H and O–H groups in total. The van der Waals surface area contributed by atoms with Gasteiger partial charge in [0.15, 0.2) is 11.5 Å². The van der Waals surface area contributed by atoms with Crippen LogP contribution in [0.5, 0.6) is 0 Å². The van der Waals surface area contributed by atoms with Crippen molar-refractivity contribution in [3.05, 3.63) is 17.8 Å². The zero-order chi connectivity index (χ0) is 15.7. The molecule has 5 heteroatoms. The van der Waals surface area contributed by atoms with Crippen molar-refractivity contribution in [3.63, 3.8) is 0 Å². The van der Waals surface area contributed by atoms with Gasteiger partial charge in [-0.05, 0) is 57.1 Å². The molecule has 3 rings (SSSR count). The Hall–Kier alpha value is -1.65. The van der Waals surface area contributed by atoms with Gasteiger partial charge in [-0.15, -0.1) is 10.2 Å². The lowest BCUT2D eigenvalue weighted by atomic mass is 10.2. The van der Waals surface area contributed by atoms with E-state index in [9.17, 15) is 4.79 Å². The number of carbonyl (C=O) groups is 1. The van der Waals surface area contributed by atoms with Crippen molar-refractivity contribution in [1.29, 1.82) is 0 Å². The van der Waals surface area contributed by atoms with Crippen LogP contribution in [0.4, 0.5) is 5.82 Å². The summed E-state index contributed by atoms with van der Waals surface area (Å²) in [5, 5.41) is 8.45. The summed E-state index contributed by atoms with van der Waals surface area (Å²) >= 11 is 0. The second kappa shape index (κ2) is 6.23. The van der Waals surface area contributed by atoms with E-state index in [0.29, 0.717) is 11.6 Å². The third-order valence-corrected chi connectivity index (χ3v) is 4.89. The number of hydrogen-bond donors (Lipinski definition) is 0. The van der Waals surface area contributed by atoms with Gasteiger partial charge < -0.3 is 9.80 Å². The first-order chi connectivity index (χ1) is 10.6. The van der Waals surface area contributed by atoms with E-state index in [4.69, 9.17) is 0 Å². The number of hydrogen-bond acceptors (Lipinski definition) is 4. The summed E-state index contributed by atoms with van der Waals surface area (Å²) in [6.07, 6.45) is 3.65. The first-order valence-corrected chi connectivity index (χ1v) is 8.46. The van der Waals surface area contributed by atoms with Crippen LogP contribution in [-0.2, 0) is 0 Å². The van der Waals surface area contributed by atoms with Crippen LogP contribution in [0.15, 0.2) is 12.1 Å². The highest BCUT2D eigenvalue weighted by Crippen LogP contribution is 2.38. The monoisotopic (exact) mass is 302 g/mol. The second-order valence-electron chi connectivity index (χ2n) is 7.00. The van der Waals surface area contributed by atoms with Crippen LogP contribution in [0.2, 0.25) is 0 Å². The highest BCUT2D eigenvalue weighted by Gasteiger charge is 2.36. The number of aromatic nitrogens is 2. The minimum atomic E-state index is 0.00886. The van der Waals surface area contributed by atoms with Crippen molar-refractivity contribution in [1.82, 2.24) is 15.1 Å². The van der Waals surface area contributed by atoms with Gasteiger partial charge in [0.1, 0.15) is 0 Å². The van der Waals surface area contributed by atoms with Crippen LogP contribution < -0.4 is 4.90 Å². The normalized spacial score (nSPS) is 23.9. The van der Waals surface area contributed by atoms with Crippen molar-refractivity contribution < 1.29 is 4.79 Å². The summed E-state index contributed by atoms with van der Waals surface area (Å²) in [5.74, 6) is 2.30. The summed E-state index contributed by atoms with van der Waals surface area (Å²) in [5.41, 5.74) is 0.463. The van der Waals surface area contributed by atoms with Gasteiger partial charge in [0.25, 0.3) is 5.91 Å². The van der Waals surface area contributed by atoms with E-state index >= 15 is 0 Å². The summed E-state index contributed by atoms with van der Waals surface area (Å²) in [7, 11) is 0. The Bertz CT molecular complexity index is 522. The minimum Gasteiger partial charge on any atom is -0.355 e. The van der Waals surface area contributed by atoms with Crippen molar-refractivity contribution in [2.24, 2.45) is 11.8 Å². The third-order valence-electron chi connectivity index (χ3n) is 4.89. The lowest BCUT2D eigenvalue weighted by Gasteiger charge is -2.26. The number of amides is 1. The Kier molecular flexibility index (Phi) is 4.32. The van der Waals surface area contributed by atoms with Gasteiger partial charge in [-0.2, -0.15) is 0 Å². The standard InChI is InChI=1S/C17H26N4O/c1-12(2)21(11-14-10-13(14)3)17(22)15-6-7-16(19-18-15)20-8-4-5-9-20/h6-7,12-14H,4-5,8-11H2,1-3H3. The molecular formula is C17H26N4O. The first kappa shape index (κ1) is 15.3. The molecule has 0 spiro atoms. The van der Waals surface area contributed by atoms with Crippen LogP contribution in [0, 0.1) is 11.8 Å². The number of nitrogens with zero attached hydrogens (tertiary/aromatic N) is 4. The van der Waals surface area contributed by atoms with Crippen LogP contribution in [0.25, 0.3) is 0 Å². The van der Waals surface area contributed by atoms with Crippen LogP contribution in [0.3, 0.4) is 0 Å². The van der Waals surface area contributed by atoms with Gasteiger partial charge in [0.2, 0.25) is 0 Å². The average molecular weight is 302 g/mol. The Morgan fingerprint density at radius 3 is 2.50 bits per heavy atom. The van der Waals surface area contributed by atoms with E-state index < -0.39 is 0 Å². The Morgan fingerprint density at radius 1 is 1.32 bits per heavy atom. The highest BCUT2D eigenvalue weighted by molar-refractivity contribution is 5.92. The summed E-state index contributed by atoms with van der Waals surface area (Å²) in [4.78, 5) is 16.9. The van der Waals surface area contributed by atoms with E-state index in [1.54, 1.807) is 0 Å². The average Bonchev–Trinajstić information content (AvgIpc) is 2.99. The molecule has 1 aromatic heterocycles. The number of anilines is 1. The molecule has 2 fully saturated rings. The fourth-order valence-electron chi connectivity index (χ4n) is 3.14. The molecule has 1 aromatic rings. The van der Waals surface area contributed by atoms with E-state index in [1.165, 1.54) is 19.3 Å². The van der Waals surface area contributed by atoms with Crippen molar-refractivity contribution in [2.75, 3.05) is 24.5 Å². The first-order valence-electron chi connectivity index (χ1n) is 8.46. The summed E-state index contributed by atoms with van der Waals surface area (Å²) in [6, 6.07) is 3.96. The molecule has 1 aliphatic carbocycles. The lowest BCUT2D eigenvalue weighted by Crippen LogP contribution is -2.39. The molecule has 0 aromatic carbocycles. The predicted molar refractivity (Wildman–Crippen MR) is 86.9 cm³/mol. The molecular weight excluding hydrogens is 276 g/mol. The van der Waals surface area contributed by atoms with E-state index in [1.807, 2.05) is 17.0 Å². The summed E-state index contributed by atoms with van der Waals surface area (Å²) < 4.78 is 0. The van der Waals surface area contributed by atoms with Gasteiger partial charge in [-0.3, -0.25) is 4.79 Å².